The van der Waals surface area contributed by atoms with Gasteiger partial charge in [-0.05, 0) is 104 Å². The van der Waals surface area contributed by atoms with Gasteiger partial charge in [-0.15, -0.1) is 11.3 Å². The fourth-order valence-corrected chi connectivity index (χ4v) is 10.2. The topological polar surface area (TPSA) is 16.4 Å². The zero-order valence-corrected chi connectivity index (χ0v) is 32.8. The number of thiophene rings is 1. The van der Waals surface area contributed by atoms with E-state index in [1.807, 2.05) is 17.4 Å². The summed E-state index contributed by atoms with van der Waals surface area (Å²) in [5.74, 6) is 0. The van der Waals surface area contributed by atoms with Crippen molar-refractivity contribution in [1.29, 1.82) is 0 Å². The monoisotopic (exact) mass is 769 g/mol. The lowest BCUT2D eigenvalue weighted by atomic mass is 9.88. The molecule has 0 fully saturated rings. The third-order valence-corrected chi connectivity index (χ3v) is 13.0. The van der Waals surface area contributed by atoms with Crippen molar-refractivity contribution in [2.75, 3.05) is 4.90 Å². The second-order valence-electron chi connectivity index (χ2n) is 15.3. The number of para-hydroxylation sites is 1. The van der Waals surface area contributed by atoms with Gasteiger partial charge in [0.1, 0.15) is 11.2 Å². The van der Waals surface area contributed by atoms with Crippen LogP contribution in [0.2, 0.25) is 0 Å². The maximum absolute atomic E-state index is 6.55. The van der Waals surface area contributed by atoms with E-state index in [0.717, 1.165) is 61.3 Å². The van der Waals surface area contributed by atoms with Crippen LogP contribution in [0.15, 0.2) is 217 Å². The minimum absolute atomic E-state index is 0.862. The van der Waals surface area contributed by atoms with Gasteiger partial charge in [-0.25, -0.2) is 0 Å². The van der Waals surface area contributed by atoms with Crippen LogP contribution >= 0.6 is 11.3 Å². The SMILES string of the molecule is c1ccc(-c2cc(N(c3ccc4c(c3)oc3ccccc34)c3ccc4c(c3)sc3ccccc34)c(-c3ccccc3)cc2-c2ccc3c(ccc4ccccc43)c2)cc1. The molecule has 0 unspecified atom stereocenters. The molecule has 0 amide bonds. The van der Waals surface area contributed by atoms with Crippen molar-refractivity contribution in [3.8, 4) is 33.4 Å². The van der Waals surface area contributed by atoms with E-state index in [2.05, 4.69) is 211 Å². The fourth-order valence-electron chi connectivity index (χ4n) is 9.03. The molecule has 12 rings (SSSR count). The largest absolute Gasteiger partial charge is 0.456 e. The summed E-state index contributed by atoms with van der Waals surface area (Å²) in [4.78, 5) is 2.43. The lowest BCUT2D eigenvalue weighted by Crippen LogP contribution is -2.12. The molecule has 276 valence electrons. The van der Waals surface area contributed by atoms with Crippen LogP contribution in [-0.4, -0.2) is 0 Å². The van der Waals surface area contributed by atoms with E-state index in [4.69, 9.17) is 4.42 Å². The molecule has 0 radical (unpaired) electrons. The van der Waals surface area contributed by atoms with E-state index >= 15 is 0 Å². The standard InChI is InChI=1S/C56H35NOS/c1-3-13-36(14-4-1)50-35-52(51(37-15-5-2-6-16-37)34-49(50)40-25-28-44-39(31-40)24-23-38-17-7-8-18-43(38)44)57(41-26-29-46-45-19-9-11-21-53(45)58-54(46)32-41)42-27-30-48-47-20-10-12-22-55(47)59-56(48)33-42/h1-35H. The van der Waals surface area contributed by atoms with Gasteiger partial charge in [0, 0.05) is 53.9 Å². The van der Waals surface area contributed by atoms with Crippen molar-refractivity contribution in [2.24, 2.45) is 0 Å². The molecule has 2 nitrogen and oxygen atoms in total. The Kier molecular flexibility index (Phi) is 7.75. The Balaban J connectivity index is 1.15. The second kappa shape index (κ2) is 13.6. The fraction of sp³-hybridized carbons (Fsp3) is 0. The van der Waals surface area contributed by atoms with Crippen molar-refractivity contribution >= 4 is 92.1 Å². The Morgan fingerprint density at radius 3 is 1.73 bits per heavy atom. The molecule has 59 heavy (non-hydrogen) atoms. The Bertz CT molecular complexity index is 3450. The number of furan rings is 1. The zero-order chi connectivity index (χ0) is 38.9. The average molecular weight is 770 g/mol. The molecule has 0 aliphatic carbocycles. The molecule has 2 aromatic heterocycles. The summed E-state index contributed by atoms with van der Waals surface area (Å²) in [7, 11) is 0. The molecular formula is C56H35NOS. The maximum Gasteiger partial charge on any atom is 0.137 e. The molecule has 0 bridgehead atoms. The maximum atomic E-state index is 6.55. The number of benzene rings is 10. The van der Waals surface area contributed by atoms with Crippen LogP contribution in [0.4, 0.5) is 17.1 Å². The summed E-state index contributed by atoms with van der Waals surface area (Å²) < 4.78 is 9.09. The molecule has 0 spiro atoms. The van der Waals surface area contributed by atoms with Gasteiger partial charge in [0.25, 0.3) is 0 Å². The smallest absolute Gasteiger partial charge is 0.137 e. The lowest BCUT2D eigenvalue weighted by molar-refractivity contribution is 0.669. The molecule has 2 heterocycles. The van der Waals surface area contributed by atoms with E-state index in [9.17, 15) is 0 Å². The first-order valence-electron chi connectivity index (χ1n) is 20.1. The summed E-state index contributed by atoms with van der Waals surface area (Å²) in [6.45, 7) is 0. The second-order valence-corrected chi connectivity index (χ2v) is 16.3. The third-order valence-electron chi connectivity index (χ3n) is 11.8. The summed E-state index contributed by atoms with van der Waals surface area (Å²) in [6.07, 6.45) is 0. The van der Waals surface area contributed by atoms with Crippen LogP contribution in [0, 0.1) is 0 Å². The number of fused-ring (bicyclic) bond motifs is 9. The van der Waals surface area contributed by atoms with Crippen LogP contribution in [0.3, 0.4) is 0 Å². The Morgan fingerprint density at radius 1 is 0.322 bits per heavy atom. The van der Waals surface area contributed by atoms with E-state index in [-0.39, 0.29) is 0 Å². The van der Waals surface area contributed by atoms with E-state index in [0.29, 0.717) is 0 Å². The van der Waals surface area contributed by atoms with Crippen molar-refractivity contribution in [1.82, 2.24) is 0 Å². The predicted octanol–water partition coefficient (Wildman–Crippen LogP) is 16.7. The molecular weight excluding hydrogens is 735 g/mol. The number of hydrogen-bond donors (Lipinski definition) is 0. The minimum Gasteiger partial charge on any atom is -0.456 e. The van der Waals surface area contributed by atoms with Crippen molar-refractivity contribution in [3.05, 3.63) is 212 Å². The van der Waals surface area contributed by atoms with E-state index < -0.39 is 0 Å². The summed E-state index contributed by atoms with van der Waals surface area (Å²) >= 11 is 1.85. The van der Waals surface area contributed by atoms with Crippen LogP contribution in [0.5, 0.6) is 0 Å². The molecule has 0 atom stereocenters. The van der Waals surface area contributed by atoms with Crippen molar-refractivity contribution in [3.63, 3.8) is 0 Å². The van der Waals surface area contributed by atoms with Crippen LogP contribution < -0.4 is 4.90 Å². The van der Waals surface area contributed by atoms with Gasteiger partial charge in [0.2, 0.25) is 0 Å². The highest BCUT2D eigenvalue weighted by atomic mass is 32.1. The first-order valence-corrected chi connectivity index (χ1v) is 20.9. The quantitative estimate of drug-likeness (QED) is 0.157. The highest BCUT2D eigenvalue weighted by Crippen LogP contribution is 2.49. The van der Waals surface area contributed by atoms with Crippen LogP contribution in [-0.2, 0) is 0 Å². The van der Waals surface area contributed by atoms with E-state index in [1.165, 1.54) is 52.8 Å². The highest BCUT2D eigenvalue weighted by Gasteiger charge is 2.23. The number of hydrogen-bond acceptors (Lipinski definition) is 3. The molecule has 0 N–H and O–H groups in total. The highest BCUT2D eigenvalue weighted by molar-refractivity contribution is 7.25. The van der Waals surface area contributed by atoms with Gasteiger partial charge in [-0.2, -0.15) is 0 Å². The van der Waals surface area contributed by atoms with E-state index in [1.54, 1.807) is 0 Å². The van der Waals surface area contributed by atoms with Gasteiger partial charge in [-0.3, -0.25) is 0 Å². The Labute approximate surface area is 345 Å². The third kappa shape index (κ3) is 5.62. The van der Waals surface area contributed by atoms with Crippen molar-refractivity contribution < 1.29 is 4.42 Å². The summed E-state index contributed by atoms with van der Waals surface area (Å²) in [6, 6.07) is 77.2. The van der Waals surface area contributed by atoms with Crippen LogP contribution in [0.1, 0.15) is 0 Å². The molecule has 10 aromatic carbocycles. The summed E-state index contributed by atoms with van der Waals surface area (Å²) in [5, 5.41) is 9.80. The average Bonchev–Trinajstić information content (AvgIpc) is 3.87. The number of anilines is 3. The molecule has 0 saturated carbocycles. The predicted molar refractivity (Wildman–Crippen MR) is 253 cm³/mol. The van der Waals surface area contributed by atoms with Gasteiger partial charge in [-0.1, -0.05) is 152 Å². The first kappa shape index (κ1) is 33.7. The number of nitrogens with zero attached hydrogens (tertiary/aromatic N) is 1. The van der Waals surface area contributed by atoms with Gasteiger partial charge in [0.05, 0.1) is 5.69 Å². The Morgan fingerprint density at radius 2 is 0.898 bits per heavy atom. The van der Waals surface area contributed by atoms with Crippen molar-refractivity contribution in [2.45, 2.75) is 0 Å². The molecule has 3 heteroatoms. The minimum atomic E-state index is 0.862. The first-order chi connectivity index (χ1) is 29.2. The molecule has 12 aromatic rings. The van der Waals surface area contributed by atoms with Gasteiger partial charge >= 0.3 is 0 Å². The molecule has 0 aliphatic rings. The molecule has 0 saturated heterocycles. The zero-order valence-electron chi connectivity index (χ0n) is 32.0. The normalized spacial score (nSPS) is 11.7. The van der Waals surface area contributed by atoms with Gasteiger partial charge < -0.3 is 9.32 Å². The summed E-state index contributed by atoms with van der Waals surface area (Å²) in [5.41, 5.74) is 11.9. The molecule has 0 aliphatic heterocycles. The van der Waals surface area contributed by atoms with Crippen LogP contribution in [0.25, 0.3) is 97.0 Å². The number of rotatable bonds is 6. The Hall–Kier alpha value is -7.46. The lowest BCUT2D eigenvalue weighted by Gasteiger charge is -2.29. The van der Waals surface area contributed by atoms with Gasteiger partial charge in [0.15, 0.2) is 0 Å².